The first-order valence-electron chi connectivity index (χ1n) is 5.90. The summed E-state index contributed by atoms with van der Waals surface area (Å²) < 4.78 is 5.23. The molecule has 100 valence electrons. The first kappa shape index (κ1) is 15.7. The van der Waals surface area contributed by atoms with E-state index in [4.69, 9.17) is 9.84 Å². The van der Waals surface area contributed by atoms with E-state index < -0.39 is 18.0 Å². The smallest absolute Gasteiger partial charge is 0.326 e. The lowest BCUT2D eigenvalue weighted by atomic mass is 10.2. The summed E-state index contributed by atoms with van der Waals surface area (Å²) in [6.45, 7) is 6.52. The third-order valence-electron chi connectivity index (χ3n) is 2.18. The molecule has 0 bridgehead atoms. The van der Waals surface area contributed by atoms with Gasteiger partial charge in [0.25, 0.3) is 0 Å². The Morgan fingerprint density at radius 1 is 1.35 bits per heavy atom. The van der Waals surface area contributed by atoms with Gasteiger partial charge in [0.2, 0.25) is 0 Å². The second kappa shape index (κ2) is 8.81. The van der Waals surface area contributed by atoms with Gasteiger partial charge in [0, 0.05) is 13.2 Å². The fourth-order valence-corrected chi connectivity index (χ4v) is 1.34. The van der Waals surface area contributed by atoms with Crippen LogP contribution in [0.25, 0.3) is 0 Å². The molecule has 0 rings (SSSR count). The van der Waals surface area contributed by atoms with E-state index >= 15 is 0 Å². The van der Waals surface area contributed by atoms with Crippen LogP contribution in [0.3, 0.4) is 0 Å². The largest absolute Gasteiger partial charge is 0.480 e. The molecule has 1 unspecified atom stereocenters. The molecule has 0 aromatic rings. The van der Waals surface area contributed by atoms with Crippen LogP contribution < -0.4 is 10.6 Å². The predicted octanol–water partition coefficient (Wildman–Crippen LogP) is 0.964. The first-order valence-corrected chi connectivity index (χ1v) is 5.90. The maximum Gasteiger partial charge on any atom is 0.326 e. The Bertz CT molecular complexity index is 246. The van der Waals surface area contributed by atoms with Crippen LogP contribution in [0.1, 0.15) is 33.6 Å². The summed E-state index contributed by atoms with van der Waals surface area (Å²) in [4.78, 5) is 22.2. The number of urea groups is 1. The molecule has 6 nitrogen and oxygen atoms in total. The van der Waals surface area contributed by atoms with E-state index in [0.717, 1.165) is 0 Å². The summed E-state index contributed by atoms with van der Waals surface area (Å²) in [5.74, 6) is -1.01. The highest BCUT2D eigenvalue weighted by molar-refractivity contribution is 5.82. The topological polar surface area (TPSA) is 87.7 Å². The lowest BCUT2D eigenvalue weighted by Gasteiger charge is -2.16. The van der Waals surface area contributed by atoms with Crippen LogP contribution in [0, 0.1) is 0 Å². The minimum absolute atomic E-state index is 0.0831. The third kappa shape index (κ3) is 7.57. The van der Waals surface area contributed by atoms with Crippen molar-refractivity contribution in [1.82, 2.24) is 10.6 Å². The van der Waals surface area contributed by atoms with E-state index in [1.165, 1.54) is 0 Å². The summed E-state index contributed by atoms with van der Waals surface area (Å²) in [6.07, 6.45) is 1.04. The van der Waals surface area contributed by atoms with Gasteiger partial charge in [0.15, 0.2) is 0 Å². The quantitative estimate of drug-likeness (QED) is 0.595. The van der Waals surface area contributed by atoms with Gasteiger partial charge in [-0.15, -0.1) is 0 Å². The molecule has 0 fully saturated rings. The van der Waals surface area contributed by atoms with Crippen molar-refractivity contribution >= 4 is 12.0 Å². The normalized spacial score (nSPS) is 13.8. The lowest BCUT2D eigenvalue weighted by Crippen LogP contribution is -2.47. The molecule has 0 saturated heterocycles. The van der Waals surface area contributed by atoms with E-state index in [1.54, 1.807) is 0 Å². The second-order valence-corrected chi connectivity index (χ2v) is 3.80. The molecule has 0 radical (unpaired) electrons. The molecule has 2 atom stereocenters. The number of carbonyl (C=O) groups is 2. The van der Waals surface area contributed by atoms with E-state index in [-0.39, 0.29) is 6.10 Å². The van der Waals surface area contributed by atoms with Crippen LogP contribution in [0.5, 0.6) is 0 Å². The Balaban J connectivity index is 3.93. The van der Waals surface area contributed by atoms with Crippen LogP contribution in [-0.2, 0) is 9.53 Å². The number of aliphatic carboxylic acids is 1. The third-order valence-corrected chi connectivity index (χ3v) is 2.18. The van der Waals surface area contributed by atoms with Gasteiger partial charge in [-0.05, 0) is 20.3 Å². The summed E-state index contributed by atoms with van der Waals surface area (Å²) in [6, 6.07) is -1.31. The molecule has 17 heavy (non-hydrogen) atoms. The summed E-state index contributed by atoms with van der Waals surface area (Å²) >= 11 is 0. The number of carbonyl (C=O) groups excluding carboxylic acids is 1. The van der Waals surface area contributed by atoms with Gasteiger partial charge in [0.05, 0.1) is 6.10 Å². The van der Waals surface area contributed by atoms with E-state index in [1.807, 2.05) is 20.8 Å². The number of hydrogen-bond donors (Lipinski definition) is 3. The molecule has 0 aromatic carbocycles. The van der Waals surface area contributed by atoms with Crippen LogP contribution in [0.15, 0.2) is 0 Å². The van der Waals surface area contributed by atoms with Crippen molar-refractivity contribution in [2.75, 3.05) is 13.2 Å². The van der Waals surface area contributed by atoms with Gasteiger partial charge >= 0.3 is 12.0 Å². The van der Waals surface area contributed by atoms with Crippen molar-refractivity contribution in [3.63, 3.8) is 0 Å². The Kier molecular flexibility index (Phi) is 8.13. The molecule has 0 aliphatic carbocycles. The maximum atomic E-state index is 11.4. The summed E-state index contributed by atoms with van der Waals surface area (Å²) in [5, 5.41) is 13.8. The molecule has 2 amide bonds. The van der Waals surface area contributed by atoms with E-state index in [2.05, 4.69) is 10.6 Å². The van der Waals surface area contributed by atoms with Crippen molar-refractivity contribution in [3.05, 3.63) is 0 Å². The zero-order valence-electron chi connectivity index (χ0n) is 10.7. The van der Waals surface area contributed by atoms with Crippen LogP contribution in [0.2, 0.25) is 0 Å². The van der Waals surface area contributed by atoms with Crippen molar-refractivity contribution in [2.24, 2.45) is 0 Å². The van der Waals surface area contributed by atoms with Gasteiger partial charge in [-0.2, -0.15) is 0 Å². The van der Waals surface area contributed by atoms with Gasteiger partial charge in [-0.1, -0.05) is 13.3 Å². The summed E-state index contributed by atoms with van der Waals surface area (Å²) in [7, 11) is 0. The molecule has 0 aromatic heterocycles. The maximum absolute atomic E-state index is 11.4. The molecular formula is C11H22N2O4. The molecule has 0 spiro atoms. The van der Waals surface area contributed by atoms with Crippen molar-refractivity contribution in [3.8, 4) is 0 Å². The highest BCUT2D eigenvalue weighted by Gasteiger charge is 2.18. The molecular weight excluding hydrogens is 224 g/mol. The number of hydrogen-bond acceptors (Lipinski definition) is 3. The molecule has 0 saturated carbocycles. The Hall–Kier alpha value is -1.30. The van der Waals surface area contributed by atoms with E-state index in [0.29, 0.717) is 26.0 Å². The Labute approximate surface area is 102 Å². The molecule has 3 N–H and O–H groups in total. The molecule has 0 aliphatic heterocycles. The number of ether oxygens (including phenoxy) is 1. The highest BCUT2D eigenvalue weighted by Crippen LogP contribution is 1.96. The molecule has 6 heteroatoms. The Morgan fingerprint density at radius 2 is 2.00 bits per heavy atom. The fraction of sp³-hybridized carbons (Fsp3) is 0.818. The molecule has 0 heterocycles. The monoisotopic (exact) mass is 246 g/mol. The lowest BCUT2D eigenvalue weighted by molar-refractivity contribution is -0.139. The molecule has 0 aliphatic rings. The highest BCUT2D eigenvalue weighted by atomic mass is 16.5. The average Bonchev–Trinajstić information content (AvgIpc) is 2.26. The fourth-order valence-electron chi connectivity index (χ4n) is 1.34. The van der Waals surface area contributed by atoms with Crippen LogP contribution in [0.4, 0.5) is 4.79 Å². The van der Waals surface area contributed by atoms with Crippen molar-refractivity contribution in [1.29, 1.82) is 0 Å². The van der Waals surface area contributed by atoms with Crippen LogP contribution >= 0.6 is 0 Å². The number of carboxylic acids is 1. The SMILES string of the molecule is CCC[C@@H](NC(=O)NCC(C)OCC)C(=O)O. The van der Waals surface area contributed by atoms with Crippen molar-refractivity contribution < 1.29 is 19.4 Å². The number of rotatable bonds is 8. The second-order valence-electron chi connectivity index (χ2n) is 3.80. The first-order chi connectivity index (χ1) is 8.01. The number of carboxylic acid groups (broad SMARTS) is 1. The van der Waals surface area contributed by atoms with Gasteiger partial charge in [-0.25, -0.2) is 9.59 Å². The summed E-state index contributed by atoms with van der Waals surface area (Å²) in [5.41, 5.74) is 0. The van der Waals surface area contributed by atoms with Crippen molar-refractivity contribution in [2.45, 2.75) is 45.8 Å². The van der Waals surface area contributed by atoms with Crippen LogP contribution in [-0.4, -0.2) is 42.4 Å². The minimum Gasteiger partial charge on any atom is -0.480 e. The Morgan fingerprint density at radius 3 is 2.47 bits per heavy atom. The average molecular weight is 246 g/mol. The van der Waals surface area contributed by atoms with Gasteiger partial charge in [0.1, 0.15) is 6.04 Å². The number of amides is 2. The van der Waals surface area contributed by atoms with Gasteiger partial charge < -0.3 is 20.5 Å². The zero-order chi connectivity index (χ0) is 13.3. The minimum atomic E-state index is -1.01. The van der Waals surface area contributed by atoms with E-state index in [9.17, 15) is 9.59 Å². The number of nitrogens with one attached hydrogen (secondary N) is 2. The standard InChI is InChI=1S/C11H22N2O4/c1-4-6-9(10(14)15)13-11(16)12-7-8(3)17-5-2/h8-9H,4-7H2,1-3H3,(H,14,15)(H2,12,13,16)/t8?,9-/m1/s1. The van der Waals surface area contributed by atoms with Gasteiger partial charge in [-0.3, -0.25) is 0 Å². The predicted molar refractivity (Wildman–Crippen MR) is 64.0 cm³/mol. The zero-order valence-corrected chi connectivity index (χ0v) is 10.7.